The summed E-state index contributed by atoms with van der Waals surface area (Å²) in [5.74, 6) is 0.214. The van der Waals surface area contributed by atoms with Crippen LogP contribution in [-0.4, -0.2) is 29.4 Å². The molecule has 1 N–H and O–H groups in total. The SMILES string of the molecule is Cc1ccc(C)c(NCC(=O)N2C(C)CCCC2C)c1. The molecule has 2 atom stereocenters. The Hall–Kier alpha value is -1.51. The molecule has 0 aliphatic carbocycles. The van der Waals surface area contributed by atoms with Crippen molar-refractivity contribution >= 4 is 11.6 Å². The lowest BCUT2D eigenvalue weighted by atomic mass is 9.97. The maximum absolute atomic E-state index is 12.5. The van der Waals surface area contributed by atoms with Gasteiger partial charge in [-0.1, -0.05) is 12.1 Å². The first-order chi connectivity index (χ1) is 9.49. The number of likely N-dealkylation sites (tertiary alicyclic amines) is 1. The van der Waals surface area contributed by atoms with Gasteiger partial charge in [-0.15, -0.1) is 0 Å². The fraction of sp³-hybridized carbons (Fsp3) is 0.588. The Labute approximate surface area is 122 Å². The Kier molecular flexibility index (Phi) is 4.69. The van der Waals surface area contributed by atoms with E-state index in [0.29, 0.717) is 18.6 Å². The summed E-state index contributed by atoms with van der Waals surface area (Å²) < 4.78 is 0. The number of nitrogens with one attached hydrogen (secondary N) is 1. The van der Waals surface area contributed by atoms with Gasteiger partial charge in [-0.2, -0.15) is 0 Å². The van der Waals surface area contributed by atoms with Gasteiger partial charge in [0.05, 0.1) is 6.54 Å². The lowest BCUT2D eigenvalue weighted by Gasteiger charge is -2.39. The summed E-state index contributed by atoms with van der Waals surface area (Å²) >= 11 is 0. The van der Waals surface area contributed by atoms with Crippen LogP contribution in [0.25, 0.3) is 0 Å². The molecular formula is C17H26N2O. The smallest absolute Gasteiger partial charge is 0.242 e. The second-order valence-electron chi connectivity index (χ2n) is 6.10. The van der Waals surface area contributed by atoms with Crippen molar-refractivity contribution in [3.05, 3.63) is 29.3 Å². The van der Waals surface area contributed by atoms with Crippen LogP contribution in [0.3, 0.4) is 0 Å². The zero-order chi connectivity index (χ0) is 14.7. The molecular weight excluding hydrogens is 248 g/mol. The van der Waals surface area contributed by atoms with Crippen LogP contribution in [-0.2, 0) is 4.79 Å². The Morgan fingerprint density at radius 1 is 1.25 bits per heavy atom. The fourth-order valence-electron chi connectivity index (χ4n) is 3.10. The van der Waals surface area contributed by atoms with Crippen molar-refractivity contribution in [2.24, 2.45) is 0 Å². The van der Waals surface area contributed by atoms with Crippen molar-refractivity contribution in [2.75, 3.05) is 11.9 Å². The largest absolute Gasteiger partial charge is 0.376 e. The molecule has 1 aromatic carbocycles. The number of rotatable bonds is 3. The van der Waals surface area contributed by atoms with E-state index in [4.69, 9.17) is 0 Å². The number of carbonyl (C=O) groups is 1. The van der Waals surface area contributed by atoms with Gasteiger partial charge in [0.1, 0.15) is 0 Å². The molecule has 0 bridgehead atoms. The standard InChI is InChI=1S/C17H26N2O/c1-12-8-9-13(2)16(10-12)18-11-17(20)19-14(3)6-5-7-15(19)4/h8-10,14-15,18H,5-7,11H2,1-4H3. The van der Waals surface area contributed by atoms with E-state index >= 15 is 0 Å². The maximum Gasteiger partial charge on any atom is 0.242 e. The number of nitrogens with zero attached hydrogens (tertiary/aromatic N) is 1. The van der Waals surface area contributed by atoms with E-state index in [0.717, 1.165) is 18.5 Å². The number of hydrogen-bond donors (Lipinski definition) is 1. The number of benzene rings is 1. The maximum atomic E-state index is 12.5. The summed E-state index contributed by atoms with van der Waals surface area (Å²) in [5, 5.41) is 3.30. The van der Waals surface area contributed by atoms with Crippen LogP contribution >= 0.6 is 0 Å². The van der Waals surface area contributed by atoms with E-state index in [9.17, 15) is 4.79 Å². The van der Waals surface area contributed by atoms with E-state index in [1.165, 1.54) is 17.5 Å². The average Bonchev–Trinajstić information content (AvgIpc) is 2.39. The highest BCUT2D eigenvalue weighted by Gasteiger charge is 2.28. The molecule has 2 unspecified atom stereocenters. The third-order valence-corrected chi connectivity index (χ3v) is 4.30. The van der Waals surface area contributed by atoms with Crippen LogP contribution in [0.15, 0.2) is 18.2 Å². The molecule has 2 rings (SSSR count). The van der Waals surface area contributed by atoms with Gasteiger partial charge in [-0.25, -0.2) is 0 Å². The minimum Gasteiger partial charge on any atom is -0.376 e. The molecule has 0 aromatic heterocycles. The van der Waals surface area contributed by atoms with Crippen molar-refractivity contribution < 1.29 is 4.79 Å². The van der Waals surface area contributed by atoms with Crippen LogP contribution < -0.4 is 5.32 Å². The predicted molar refractivity (Wildman–Crippen MR) is 84.0 cm³/mol. The van der Waals surface area contributed by atoms with Crippen molar-refractivity contribution in [1.82, 2.24) is 4.90 Å². The molecule has 1 fully saturated rings. The van der Waals surface area contributed by atoms with E-state index in [2.05, 4.69) is 56.1 Å². The first kappa shape index (κ1) is 14.9. The van der Waals surface area contributed by atoms with Crippen molar-refractivity contribution in [3.8, 4) is 0 Å². The zero-order valence-corrected chi connectivity index (χ0v) is 13.1. The van der Waals surface area contributed by atoms with Gasteiger partial charge in [-0.05, 0) is 64.2 Å². The first-order valence-electron chi connectivity index (χ1n) is 7.61. The summed E-state index contributed by atoms with van der Waals surface area (Å²) in [7, 11) is 0. The summed E-state index contributed by atoms with van der Waals surface area (Å²) in [6.07, 6.45) is 3.48. The minimum absolute atomic E-state index is 0.214. The number of piperidine rings is 1. The van der Waals surface area contributed by atoms with Crippen molar-refractivity contribution in [2.45, 2.75) is 59.0 Å². The summed E-state index contributed by atoms with van der Waals surface area (Å²) in [6, 6.07) is 7.02. The number of carbonyl (C=O) groups excluding carboxylic acids is 1. The van der Waals surface area contributed by atoms with E-state index in [1.54, 1.807) is 0 Å². The molecule has 1 aromatic rings. The highest BCUT2D eigenvalue weighted by atomic mass is 16.2. The Balaban J connectivity index is 1.99. The second kappa shape index (κ2) is 6.29. The Morgan fingerprint density at radius 3 is 2.55 bits per heavy atom. The number of anilines is 1. The molecule has 0 saturated carbocycles. The summed E-state index contributed by atoms with van der Waals surface area (Å²) in [4.78, 5) is 14.5. The molecule has 1 aliphatic heterocycles. The van der Waals surface area contributed by atoms with Crippen LogP contribution in [0, 0.1) is 13.8 Å². The van der Waals surface area contributed by atoms with Crippen LogP contribution in [0.5, 0.6) is 0 Å². The minimum atomic E-state index is 0.214. The van der Waals surface area contributed by atoms with E-state index in [1.807, 2.05) is 0 Å². The third kappa shape index (κ3) is 3.33. The molecule has 1 amide bonds. The first-order valence-corrected chi connectivity index (χ1v) is 7.61. The molecule has 0 spiro atoms. The molecule has 110 valence electrons. The quantitative estimate of drug-likeness (QED) is 0.915. The van der Waals surface area contributed by atoms with Crippen molar-refractivity contribution in [3.63, 3.8) is 0 Å². The molecule has 3 heteroatoms. The van der Waals surface area contributed by atoms with Crippen LogP contribution in [0.2, 0.25) is 0 Å². The highest BCUT2D eigenvalue weighted by molar-refractivity contribution is 5.81. The van der Waals surface area contributed by atoms with Gasteiger partial charge in [-0.3, -0.25) is 4.79 Å². The topological polar surface area (TPSA) is 32.3 Å². The summed E-state index contributed by atoms with van der Waals surface area (Å²) in [5.41, 5.74) is 3.46. The molecule has 1 aliphatic rings. The van der Waals surface area contributed by atoms with Crippen LogP contribution in [0.4, 0.5) is 5.69 Å². The Morgan fingerprint density at radius 2 is 1.90 bits per heavy atom. The molecule has 3 nitrogen and oxygen atoms in total. The van der Waals surface area contributed by atoms with E-state index in [-0.39, 0.29) is 5.91 Å². The number of amides is 1. The third-order valence-electron chi connectivity index (χ3n) is 4.30. The second-order valence-corrected chi connectivity index (χ2v) is 6.10. The molecule has 20 heavy (non-hydrogen) atoms. The molecule has 1 heterocycles. The van der Waals surface area contributed by atoms with Gasteiger partial charge in [0.2, 0.25) is 5.91 Å². The highest BCUT2D eigenvalue weighted by Crippen LogP contribution is 2.23. The van der Waals surface area contributed by atoms with Gasteiger partial charge >= 0.3 is 0 Å². The number of hydrogen-bond acceptors (Lipinski definition) is 2. The normalized spacial score (nSPS) is 22.7. The summed E-state index contributed by atoms with van der Waals surface area (Å²) in [6.45, 7) is 8.84. The average molecular weight is 274 g/mol. The lowest BCUT2D eigenvalue weighted by Crippen LogP contribution is -2.49. The van der Waals surface area contributed by atoms with E-state index < -0.39 is 0 Å². The van der Waals surface area contributed by atoms with Crippen LogP contribution in [0.1, 0.15) is 44.2 Å². The fourth-order valence-corrected chi connectivity index (χ4v) is 3.10. The number of aryl methyl sites for hydroxylation is 2. The Bertz CT molecular complexity index is 474. The lowest BCUT2D eigenvalue weighted by molar-refractivity contribution is -0.135. The van der Waals surface area contributed by atoms with Gasteiger partial charge < -0.3 is 10.2 Å². The monoisotopic (exact) mass is 274 g/mol. The van der Waals surface area contributed by atoms with Gasteiger partial charge in [0.15, 0.2) is 0 Å². The molecule has 1 saturated heterocycles. The zero-order valence-electron chi connectivity index (χ0n) is 13.1. The van der Waals surface area contributed by atoms with Gasteiger partial charge in [0.25, 0.3) is 0 Å². The van der Waals surface area contributed by atoms with Gasteiger partial charge in [0, 0.05) is 17.8 Å². The van der Waals surface area contributed by atoms with Crippen molar-refractivity contribution in [1.29, 1.82) is 0 Å². The molecule has 0 radical (unpaired) electrons. The predicted octanol–water partition coefficient (Wildman–Crippen LogP) is 3.50.